The van der Waals surface area contributed by atoms with Crippen LogP contribution < -0.4 is 4.74 Å². The molecule has 0 amide bonds. The number of hydrogen-bond acceptors (Lipinski definition) is 5. The van der Waals surface area contributed by atoms with Crippen molar-refractivity contribution in [2.75, 3.05) is 13.2 Å². The minimum Gasteiger partial charge on any atom is -0.457 e. The summed E-state index contributed by atoms with van der Waals surface area (Å²) in [5.41, 5.74) is 1.79. The Morgan fingerprint density at radius 1 is 1.29 bits per heavy atom. The van der Waals surface area contributed by atoms with E-state index in [1.165, 1.54) is 0 Å². The molecule has 0 radical (unpaired) electrons. The van der Waals surface area contributed by atoms with E-state index in [9.17, 15) is 5.11 Å². The molecule has 2 unspecified atom stereocenters. The number of rotatable bonds is 6. The minimum absolute atomic E-state index is 0.100. The molecule has 0 spiro atoms. The number of aromatic nitrogens is 2. The fraction of sp³-hybridized carbons (Fsp3) is 0.286. The molecule has 2 heterocycles. The van der Waals surface area contributed by atoms with Gasteiger partial charge in [-0.25, -0.2) is 4.98 Å². The van der Waals surface area contributed by atoms with E-state index < -0.39 is 5.79 Å². The average Bonchev–Trinajstić information content (AvgIpc) is 3.35. The summed E-state index contributed by atoms with van der Waals surface area (Å²) in [4.78, 5) is 7.35. The lowest BCUT2D eigenvalue weighted by molar-refractivity contribution is -0.180. The molecule has 2 atom stereocenters. The van der Waals surface area contributed by atoms with Crippen molar-refractivity contribution in [2.45, 2.75) is 25.2 Å². The third kappa shape index (κ3) is 3.91. The summed E-state index contributed by atoms with van der Waals surface area (Å²) >= 11 is 6.00. The average molecular weight is 401 g/mol. The van der Waals surface area contributed by atoms with Gasteiger partial charge in [0, 0.05) is 23.0 Å². The number of H-pyrrole nitrogens is 1. The molecule has 1 aliphatic rings. The molecule has 0 bridgehead atoms. The molecule has 3 aromatic rings. The Kier molecular flexibility index (Phi) is 5.37. The van der Waals surface area contributed by atoms with Crippen molar-refractivity contribution in [1.29, 1.82) is 0 Å². The lowest BCUT2D eigenvalue weighted by Gasteiger charge is -2.28. The van der Waals surface area contributed by atoms with E-state index >= 15 is 0 Å². The topological polar surface area (TPSA) is 76.6 Å². The standard InChI is InChI=1S/C21H21ClN2O4/c1-14-10-16(22)4-7-19(14)27-17-5-2-15(3-6-17)21(11-20-23-8-9-24-20)26-13-18(12-25)28-21/h2-10,18,25H,11-13H2,1H3,(H,23,24). The van der Waals surface area contributed by atoms with Gasteiger partial charge in [0.05, 0.1) is 19.6 Å². The van der Waals surface area contributed by atoms with Crippen LogP contribution in [0.15, 0.2) is 54.9 Å². The van der Waals surface area contributed by atoms with Crippen LogP contribution in [0.1, 0.15) is 17.0 Å². The number of ether oxygens (including phenoxy) is 3. The van der Waals surface area contributed by atoms with Gasteiger partial charge in [-0.15, -0.1) is 0 Å². The molecule has 1 saturated heterocycles. The zero-order chi connectivity index (χ0) is 19.6. The van der Waals surface area contributed by atoms with Gasteiger partial charge < -0.3 is 24.3 Å². The fourth-order valence-corrected chi connectivity index (χ4v) is 3.47. The first-order valence-corrected chi connectivity index (χ1v) is 9.41. The van der Waals surface area contributed by atoms with E-state index in [2.05, 4.69) is 9.97 Å². The molecular weight excluding hydrogens is 380 g/mol. The summed E-state index contributed by atoms with van der Waals surface area (Å²) in [6.45, 7) is 2.17. The quantitative estimate of drug-likeness (QED) is 0.654. The highest BCUT2D eigenvalue weighted by Gasteiger charge is 2.43. The Labute approximate surface area is 168 Å². The van der Waals surface area contributed by atoms with E-state index in [-0.39, 0.29) is 12.7 Å². The van der Waals surface area contributed by atoms with Crippen molar-refractivity contribution in [1.82, 2.24) is 9.97 Å². The molecular formula is C21H21ClN2O4. The van der Waals surface area contributed by atoms with Crippen LogP contribution >= 0.6 is 11.6 Å². The highest BCUT2D eigenvalue weighted by Crippen LogP contribution is 2.38. The predicted molar refractivity (Wildman–Crippen MR) is 105 cm³/mol. The van der Waals surface area contributed by atoms with Crippen LogP contribution in [0.3, 0.4) is 0 Å². The van der Waals surface area contributed by atoms with Gasteiger partial charge in [0.25, 0.3) is 0 Å². The van der Waals surface area contributed by atoms with E-state index in [4.69, 9.17) is 25.8 Å². The van der Waals surface area contributed by atoms with Crippen LogP contribution in [-0.4, -0.2) is 34.4 Å². The zero-order valence-electron chi connectivity index (χ0n) is 15.4. The molecule has 146 valence electrons. The first kappa shape index (κ1) is 19.0. The highest BCUT2D eigenvalue weighted by molar-refractivity contribution is 6.30. The smallest absolute Gasteiger partial charge is 0.202 e. The summed E-state index contributed by atoms with van der Waals surface area (Å²) in [5, 5.41) is 10.1. The second-order valence-corrected chi connectivity index (χ2v) is 7.17. The third-order valence-corrected chi connectivity index (χ3v) is 4.91. The van der Waals surface area contributed by atoms with Gasteiger partial charge in [-0.05, 0) is 55.0 Å². The van der Waals surface area contributed by atoms with Crippen LogP contribution in [0, 0.1) is 6.92 Å². The maximum atomic E-state index is 9.47. The SMILES string of the molecule is Cc1cc(Cl)ccc1Oc1ccc(C2(Cc3ncc[nH]3)OCC(CO)O2)cc1. The monoisotopic (exact) mass is 400 g/mol. The van der Waals surface area contributed by atoms with Crippen LogP contribution in [-0.2, 0) is 21.7 Å². The zero-order valence-corrected chi connectivity index (χ0v) is 16.1. The van der Waals surface area contributed by atoms with Gasteiger partial charge in [0.1, 0.15) is 23.4 Å². The number of aliphatic hydroxyl groups excluding tert-OH is 1. The minimum atomic E-state index is -1.00. The number of nitrogens with one attached hydrogen (secondary N) is 1. The van der Waals surface area contributed by atoms with Crippen LogP contribution in [0.25, 0.3) is 0 Å². The first-order valence-electron chi connectivity index (χ1n) is 9.03. The number of aliphatic hydroxyl groups is 1. The fourth-order valence-electron chi connectivity index (χ4n) is 3.25. The van der Waals surface area contributed by atoms with Crippen molar-refractivity contribution in [3.63, 3.8) is 0 Å². The van der Waals surface area contributed by atoms with Crippen LogP contribution in [0.5, 0.6) is 11.5 Å². The number of benzene rings is 2. The molecule has 1 aromatic heterocycles. The van der Waals surface area contributed by atoms with Gasteiger partial charge >= 0.3 is 0 Å². The van der Waals surface area contributed by atoms with Crippen molar-refractivity contribution >= 4 is 11.6 Å². The van der Waals surface area contributed by atoms with E-state index in [0.717, 1.165) is 22.7 Å². The number of halogens is 1. The molecule has 1 aliphatic heterocycles. The van der Waals surface area contributed by atoms with Crippen molar-refractivity contribution in [3.05, 3.63) is 76.8 Å². The number of imidazole rings is 1. The third-order valence-electron chi connectivity index (χ3n) is 4.68. The normalized spacial score (nSPS) is 21.8. The van der Waals surface area contributed by atoms with Crippen molar-refractivity contribution < 1.29 is 19.3 Å². The molecule has 0 saturated carbocycles. The Morgan fingerprint density at radius 3 is 2.75 bits per heavy atom. The van der Waals surface area contributed by atoms with Crippen molar-refractivity contribution in [2.24, 2.45) is 0 Å². The van der Waals surface area contributed by atoms with Crippen molar-refractivity contribution in [3.8, 4) is 11.5 Å². The van der Waals surface area contributed by atoms with E-state index in [1.54, 1.807) is 18.5 Å². The van der Waals surface area contributed by atoms with Gasteiger partial charge in [-0.3, -0.25) is 0 Å². The molecule has 28 heavy (non-hydrogen) atoms. The Balaban J connectivity index is 1.57. The van der Waals surface area contributed by atoms with Gasteiger partial charge in [0.2, 0.25) is 5.79 Å². The number of aromatic amines is 1. The molecule has 6 nitrogen and oxygen atoms in total. The second kappa shape index (κ2) is 7.93. The maximum Gasteiger partial charge on any atom is 0.202 e. The summed E-state index contributed by atoms with van der Waals surface area (Å²) in [5.74, 6) is 1.19. The van der Waals surface area contributed by atoms with Gasteiger partial charge in [0.15, 0.2) is 0 Å². The molecule has 0 aliphatic carbocycles. The van der Waals surface area contributed by atoms with E-state index in [0.29, 0.717) is 23.8 Å². The summed E-state index contributed by atoms with van der Waals surface area (Å²) in [7, 11) is 0. The molecule has 7 heteroatoms. The number of hydrogen-bond donors (Lipinski definition) is 2. The second-order valence-electron chi connectivity index (χ2n) is 6.74. The molecule has 4 rings (SSSR count). The van der Waals surface area contributed by atoms with Crippen LogP contribution in [0.4, 0.5) is 0 Å². The first-order chi connectivity index (χ1) is 13.6. The van der Waals surface area contributed by atoms with Gasteiger partial charge in [-0.1, -0.05) is 11.6 Å². The Morgan fingerprint density at radius 2 is 2.11 bits per heavy atom. The molecule has 1 fully saturated rings. The predicted octanol–water partition coefficient (Wildman–Crippen LogP) is 3.97. The lowest BCUT2D eigenvalue weighted by Crippen LogP contribution is -2.32. The lowest BCUT2D eigenvalue weighted by atomic mass is 10.0. The van der Waals surface area contributed by atoms with E-state index in [1.807, 2.05) is 43.3 Å². The number of aryl methyl sites for hydroxylation is 1. The summed E-state index contributed by atoms with van der Waals surface area (Å²) < 4.78 is 18.0. The Hall–Kier alpha value is -2.38. The maximum absolute atomic E-state index is 9.47. The largest absolute Gasteiger partial charge is 0.457 e. The molecule has 2 N–H and O–H groups in total. The molecule has 2 aromatic carbocycles. The Bertz CT molecular complexity index is 930. The van der Waals surface area contributed by atoms with Crippen LogP contribution in [0.2, 0.25) is 5.02 Å². The number of nitrogens with zero attached hydrogens (tertiary/aromatic N) is 1. The summed E-state index contributed by atoms with van der Waals surface area (Å²) in [6, 6.07) is 13.1. The highest BCUT2D eigenvalue weighted by atomic mass is 35.5. The van der Waals surface area contributed by atoms with Gasteiger partial charge in [-0.2, -0.15) is 0 Å². The summed E-state index contributed by atoms with van der Waals surface area (Å²) in [6.07, 6.45) is 3.48.